The molecular formula is C7H14N2O2S. The maximum Gasteiger partial charge on any atom is 0.305 e. The lowest BCUT2D eigenvalue weighted by Crippen LogP contribution is -2.37. The molecule has 0 aromatic carbocycles. The molecule has 0 aliphatic rings. The molecule has 0 fully saturated rings. The molecule has 0 unspecified atom stereocenters. The number of carbonyl (C=O) groups is 1. The monoisotopic (exact) mass is 190 g/mol. The van der Waals surface area contributed by atoms with Crippen LogP contribution in [-0.4, -0.2) is 53.7 Å². The van der Waals surface area contributed by atoms with Crippen molar-refractivity contribution in [1.29, 1.82) is 0 Å². The Bertz CT molecular complexity index is 182. The van der Waals surface area contributed by atoms with E-state index in [4.69, 9.17) is 17.3 Å². The van der Waals surface area contributed by atoms with Crippen LogP contribution in [-0.2, 0) is 4.79 Å². The number of aliphatic carboxylic acids is 1. The minimum absolute atomic E-state index is 0.116. The molecular weight excluding hydrogens is 176 g/mol. The third kappa shape index (κ3) is 4.12. The Morgan fingerprint density at radius 3 is 2.25 bits per heavy atom. The highest BCUT2D eigenvalue weighted by molar-refractivity contribution is 7.80. The van der Waals surface area contributed by atoms with Gasteiger partial charge in [-0.1, -0.05) is 0 Å². The van der Waals surface area contributed by atoms with Gasteiger partial charge in [0.1, 0.15) is 0 Å². The summed E-state index contributed by atoms with van der Waals surface area (Å²) >= 11 is 5.01. The first-order valence-electron chi connectivity index (χ1n) is 3.59. The van der Waals surface area contributed by atoms with Gasteiger partial charge in [0.05, 0.1) is 6.42 Å². The van der Waals surface area contributed by atoms with E-state index in [0.29, 0.717) is 11.7 Å². The summed E-state index contributed by atoms with van der Waals surface area (Å²) in [5.74, 6) is -0.802. The Morgan fingerprint density at radius 2 is 1.92 bits per heavy atom. The Hall–Kier alpha value is -0.840. The van der Waals surface area contributed by atoms with Crippen molar-refractivity contribution in [2.45, 2.75) is 6.42 Å². The first kappa shape index (κ1) is 11.2. The second-order valence-electron chi connectivity index (χ2n) is 2.74. The molecule has 0 aromatic rings. The fourth-order valence-corrected chi connectivity index (χ4v) is 0.792. The van der Waals surface area contributed by atoms with Crippen LogP contribution in [0, 0.1) is 0 Å². The predicted molar refractivity (Wildman–Crippen MR) is 51.2 cm³/mol. The molecule has 0 heterocycles. The highest BCUT2D eigenvalue weighted by atomic mass is 32.1. The zero-order chi connectivity index (χ0) is 9.72. The number of thiocarbonyl (C=S) groups is 1. The van der Waals surface area contributed by atoms with E-state index in [1.54, 1.807) is 16.8 Å². The minimum atomic E-state index is -0.802. The maximum atomic E-state index is 10.2. The quantitative estimate of drug-likeness (QED) is 0.646. The SMILES string of the molecule is CN(C)C(=S)N(C)CCC(=O)O. The van der Waals surface area contributed by atoms with Crippen LogP contribution in [0.5, 0.6) is 0 Å². The van der Waals surface area contributed by atoms with E-state index < -0.39 is 5.97 Å². The summed E-state index contributed by atoms with van der Waals surface area (Å²) in [5, 5.41) is 9.05. The summed E-state index contributed by atoms with van der Waals surface area (Å²) in [5.41, 5.74) is 0. The van der Waals surface area contributed by atoms with Gasteiger partial charge < -0.3 is 14.9 Å². The standard InChI is InChI=1S/C7H14N2O2S/c1-8(2)7(12)9(3)5-4-6(10)11/h4-5H2,1-3H3,(H,10,11). The zero-order valence-electron chi connectivity index (χ0n) is 7.57. The predicted octanol–water partition coefficient (Wildman–Crippen LogP) is 0.239. The normalized spacial score (nSPS) is 9.25. The van der Waals surface area contributed by atoms with Crippen molar-refractivity contribution in [3.63, 3.8) is 0 Å². The molecule has 0 atom stereocenters. The van der Waals surface area contributed by atoms with Crippen LogP contribution in [0.4, 0.5) is 0 Å². The fourth-order valence-electron chi connectivity index (χ4n) is 0.700. The first-order valence-corrected chi connectivity index (χ1v) is 4.00. The van der Waals surface area contributed by atoms with Gasteiger partial charge in [0.15, 0.2) is 5.11 Å². The molecule has 0 rings (SSSR count). The second-order valence-corrected chi connectivity index (χ2v) is 3.11. The molecule has 0 saturated carbocycles. The van der Waals surface area contributed by atoms with Gasteiger partial charge in [0.25, 0.3) is 0 Å². The maximum absolute atomic E-state index is 10.2. The summed E-state index contributed by atoms with van der Waals surface area (Å²) < 4.78 is 0. The van der Waals surface area contributed by atoms with E-state index >= 15 is 0 Å². The van der Waals surface area contributed by atoms with E-state index in [1.807, 2.05) is 14.1 Å². The Kier molecular flexibility index (Phi) is 4.58. The number of hydrogen-bond donors (Lipinski definition) is 1. The third-order valence-corrected chi connectivity index (χ3v) is 2.05. The van der Waals surface area contributed by atoms with Crippen LogP contribution >= 0.6 is 12.2 Å². The van der Waals surface area contributed by atoms with Crippen molar-refractivity contribution in [3.05, 3.63) is 0 Å². The van der Waals surface area contributed by atoms with Gasteiger partial charge >= 0.3 is 5.97 Å². The molecule has 0 spiro atoms. The number of hydrogen-bond acceptors (Lipinski definition) is 2. The van der Waals surface area contributed by atoms with E-state index in [2.05, 4.69) is 0 Å². The Labute approximate surface area is 77.8 Å². The van der Waals surface area contributed by atoms with Crippen molar-refractivity contribution in [2.24, 2.45) is 0 Å². The van der Waals surface area contributed by atoms with E-state index in [1.165, 1.54) is 0 Å². The number of rotatable bonds is 3. The lowest BCUT2D eigenvalue weighted by Gasteiger charge is -2.24. The Balaban J connectivity index is 3.79. The molecule has 0 saturated heterocycles. The lowest BCUT2D eigenvalue weighted by molar-refractivity contribution is -0.137. The molecule has 12 heavy (non-hydrogen) atoms. The van der Waals surface area contributed by atoms with Crippen molar-refractivity contribution < 1.29 is 9.90 Å². The average Bonchev–Trinajstić information content (AvgIpc) is 1.98. The Morgan fingerprint density at radius 1 is 1.42 bits per heavy atom. The smallest absolute Gasteiger partial charge is 0.305 e. The molecule has 1 N–H and O–H groups in total. The van der Waals surface area contributed by atoms with Crippen molar-refractivity contribution in [2.75, 3.05) is 27.7 Å². The van der Waals surface area contributed by atoms with Crippen LogP contribution in [0.25, 0.3) is 0 Å². The summed E-state index contributed by atoms with van der Waals surface area (Å²) in [7, 11) is 5.45. The van der Waals surface area contributed by atoms with Gasteiger partial charge in [-0.25, -0.2) is 0 Å². The number of carboxylic acid groups (broad SMARTS) is 1. The molecule has 0 radical (unpaired) electrons. The van der Waals surface area contributed by atoms with Gasteiger partial charge in [0.2, 0.25) is 0 Å². The second kappa shape index (κ2) is 4.92. The van der Waals surface area contributed by atoms with Gasteiger partial charge in [-0.2, -0.15) is 0 Å². The summed E-state index contributed by atoms with van der Waals surface area (Å²) in [6, 6.07) is 0. The average molecular weight is 190 g/mol. The van der Waals surface area contributed by atoms with Crippen LogP contribution in [0.3, 0.4) is 0 Å². The van der Waals surface area contributed by atoms with E-state index in [9.17, 15) is 4.79 Å². The summed E-state index contributed by atoms with van der Waals surface area (Å²) in [4.78, 5) is 13.7. The van der Waals surface area contributed by atoms with Gasteiger partial charge in [-0.15, -0.1) is 0 Å². The van der Waals surface area contributed by atoms with Crippen LogP contribution in [0.15, 0.2) is 0 Å². The van der Waals surface area contributed by atoms with Crippen LogP contribution in [0.2, 0.25) is 0 Å². The largest absolute Gasteiger partial charge is 0.481 e. The van der Waals surface area contributed by atoms with Gasteiger partial charge in [0, 0.05) is 27.7 Å². The third-order valence-electron chi connectivity index (χ3n) is 1.37. The molecule has 0 aliphatic carbocycles. The van der Waals surface area contributed by atoms with E-state index in [0.717, 1.165) is 0 Å². The lowest BCUT2D eigenvalue weighted by atomic mass is 10.4. The molecule has 70 valence electrons. The summed E-state index contributed by atoms with van der Waals surface area (Å²) in [6.07, 6.45) is 0.116. The zero-order valence-corrected chi connectivity index (χ0v) is 8.39. The molecule has 0 aromatic heterocycles. The van der Waals surface area contributed by atoms with Crippen molar-refractivity contribution in [1.82, 2.24) is 9.80 Å². The van der Waals surface area contributed by atoms with Gasteiger partial charge in [-0.3, -0.25) is 4.79 Å². The molecule has 0 bridgehead atoms. The highest BCUT2D eigenvalue weighted by Gasteiger charge is 2.07. The first-order chi connectivity index (χ1) is 5.45. The molecule has 4 nitrogen and oxygen atoms in total. The number of carboxylic acids is 1. The number of nitrogens with zero attached hydrogens (tertiary/aromatic N) is 2. The van der Waals surface area contributed by atoms with Crippen LogP contribution < -0.4 is 0 Å². The highest BCUT2D eigenvalue weighted by Crippen LogP contribution is 1.93. The van der Waals surface area contributed by atoms with E-state index in [-0.39, 0.29) is 6.42 Å². The molecule has 5 heteroatoms. The van der Waals surface area contributed by atoms with Crippen molar-refractivity contribution >= 4 is 23.3 Å². The fraction of sp³-hybridized carbons (Fsp3) is 0.714. The van der Waals surface area contributed by atoms with Crippen LogP contribution in [0.1, 0.15) is 6.42 Å². The summed E-state index contributed by atoms with van der Waals surface area (Å²) in [6.45, 7) is 0.451. The topological polar surface area (TPSA) is 43.8 Å². The minimum Gasteiger partial charge on any atom is -0.481 e. The molecule has 0 amide bonds. The van der Waals surface area contributed by atoms with Gasteiger partial charge in [-0.05, 0) is 12.2 Å². The van der Waals surface area contributed by atoms with Crippen molar-refractivity contribution in [3.8, 4) is 0 Å². The molecule has 0 aliphatic heterocycles.